The summed E-state index contributed by atoms with van der Waals surface area (Å²) in [4.78, 5) is 8.65. The van der Waals surface area contributed by atoms with Gasteiger partial charge in [0.2, 0.25) is 0 Å². The number of para-hydroxylation sites is 1. The number of guanidine groups is 1. The zero-order valence-corrected chi connectivity index (χ0v) is 19.7. The van der Waals surface area contributed by atoms with Crippen LogP contribution in [0.5, 0.6) is 5.75 Å². The number of fused-ring (bicyclic) bond motifs is 1. The molecule has 2 aromatic heterocycles. The molecule has 8 nitrogen and oxygen atoms in total. The van der Waals surface area contributed by atoms with Crippen molar-refractivity contribution in [2.24, 2.45) is 12.0 Å². The molecule has 0 amide bonds. The molecule has 3 heterocycles. The highest BCUT2D eigenvalue weighted by molar-refractivity contribution is 14.0. The Morgan fingerprint density at radius 3 is 2.87 bits per heavy atom. The van der Waals surface area contributed by atoms with E-state index in [0.29, 0.717) is 24.8 Å². The number of aromatic nitrogens is 4. The van der Waals surface area contributed by atoms with Gasteiger partial charge in [-0.25, -0.2) is 9.38 Å². The molecular weight excluding hydrogens is 512 g/mol. The summed E-state index contributed by atoms with van der Waals surface area (Å²) in [5.41, 5.74) is 1.36. The molecule has 0 fully saturated rings. The molecule has 31 heavy (non-hydrogen) atoms. The average Bonchev–Trinajstić information content (AvgIpc) is 3.09. The van der Waals surface area contributed by atoms with Crippen LogP contribution in [0.3, 0.4) is 0 Å². The maximum atomic E-state index is 14.0. The Morgan fingerprint density at radius 1 is 1.26 bits per heavy atom. The fraction of sp³-hybridized carbons (Fsp3) is 0.333. The van der Waals surface area contributed by atoms with Gasteiger partial charge in [-0.3, -0.25) is 4.98 Å². The molecule has 0 saturated heterocycles. The molecule has 0 radical (unpaired) electrons. The van der Waals surface area contributed by atoms with Gasteiger partial charge < -0.3 is 19.9 Å². The number of benzene rings is 1. The molecule has 4 rings (SSSR count). The van der Waals surface area contributed by atoms with Gasteiger partial charge in [-0.15, -0.1) is 34.2 Å². The molecule has 0 bridgehead atoms. The average molecular weight is 537 g/mol. The third-order valence-corrected chi connectivity index (χ3v) is 5.09. The summed E-state index contributed by atoms with van der Waals surface area (Å²) >= 11 is 0. The van der Waals surface area contributed by atoms with Crippen molar-refractivity contribution in [1.29, 1.82) is 0 Å². The van der Waals surface area contributed by atoms with Crippen molar-refractivity contribution in [2.45, 2.75) is 32.5 Å². The van der Waals surface area contributed by atoms with Crippen molar-refractivity contribution < 1.29 is 9.13 Å². The van der Waals surface area contributed by atoms with Gasteiger partial charge in [-0.05, 0) is 25.1 Å². The van der Waals surface area contributed by atoms with Gasteiger partial charge in [0.25, 0.3) is 0 Å². The molecule has 0 spiro atoms. The van der Waals surface area contributed by atoms with Gasteiger partial charge in [0.1, 0.15) is 17.4 Å². The number of aryl methyl sites for hydroxylation is 1. The standard InChI is InChI=1S/C21H24FN7O.HI/c1-14-27-28-20(29(14)2)13-25-21(24-12-18-16(22)7-5-10-23-18)26-17-9-11-30-19-8-4-3-6-15(17)19;/h3-8,10,17H,9,11-13H2,1-2H3,(H2,24,25,26);1H. The molecule has 0 saturated carbocycles. The number of halogens is 2. The van der Waals surface area contributed by atoms with Crippen LogP contribution in [0.1, 0.15) is 35.4 Å². The van der Waals surface area contributed by atoms with Crippen molar-refractivity contribution in [3.63, 3.8) is 0 Å². The van der Waals surface area contributed by atoms with E-state index in [1.807, 2.05) is 42.8 Å². The second kappa shape index (κ2) is 10.5. The van der Waals surface area contributed by atoms with Crippen LogP contribution in [0.25, 0.3) is 0 Å². The van der Waals surface area contributed by atoms with E-state index in [0.717, 1.165) is 29.4 Å². The summed E-state index contributed by atoms with van der Waals surface area (Å²) in [5.74, 6) is 2.63. The number of nitrogens with one attached hydrogen (secondary N) is 2. The normalized spacial score (nSPS) is 15.5. The number of hydrogen-bond acceptors (Lipinski definition) is 5. The molecule has 3 aromatic rings. The Labute approximate surface area is 197 Å². The molecule has 1 aliphatic rings. The first kappa shape index (κ1) is 22.9. The first-order chi connectivity index (χ1) is 14.6. The molecule has 1 unspecified atom stereocenters. The third-order valence-electron chi connectivity index (χ3n) is 5.09. The highest BCUT2D eigenvalue weighted by Gasteiger charge is 2.22. The fourth-order valence-corrected chi connectivity index (χ4v) is 3.27. The van der Waals surface area contributed by atoms with Gasteiger partial charge in [0.05, 0.1) is 31.4 Å². The number of ether oxygens (including phenoxy) is 1. The predicted octanol–water partition coefficient (Wildman–Crippen LogP) is 3.03. The lowest BCUT2D eigenvalue weighted by atomic mass is 10.0. The van der Waals surface area contributed by atoms with Crippen LogP contribution in [-0.4, -0.2) is 32.3 Å². The zero-order valence-electron chi connectivity index (χ0n) is 17.4. The number of hydrogen-bond donors (Lipinski definition) is 2. The van der Waals surface area contributed by atoms with E-state index in [-0.39, 0.29) is 42.4 Å². The molecular formula is C21H25FIN7O. The maximum Gasteiger partial charge on any atom is 0.192 e. The number of aliphatic imine (C=N–C) groups is 1. The molecule has 0 aliphatic carbocycles. The van der Waals surface area contributed by atoms with E-state index in [2.05, 4.69) is 30.8 Å². The van der Waals surface area contributed by atoms with E-state index in [9.17, 15) is 4.39 Å². The largest absolute Gasteiger partial charge is 0.493 e. The Balaban J connectivity index is 0.00000272. The van der Waals surface area contributed by atoms with Crippen LogP contribution in [0.4, 0.5) is 4.39 Å². The topological polar surface area (TPSA) is 89.2 Å². The predicted molar refractivity (Wildman–Crippen MR) is 126 cm³/mol. The lowest BCUT2D eigenvalue weighted by Crippen LogP contribution is -2.41. The van der Waals surface area contributed by atoms with Crippen LogP contribution >= 0.6 is 24.0 Å². The summed E-state index contributed by atoms with van der Waals surface area (Å²) in [6, 6.07) is 10.9. The van der Waals surface area contributed by atoms with Gasteiger partial charge in [-0.1, -0.05) is 18.2 Å². The Kier molecular flexibility index (Phi) is 7.77. The number of rotatable bonds is 5. The second-order valence-corrected chi connectivity index (χ2v) is 7.04. The van der Waals surface area contributed by atoms with Crippen LogP contribution in [-0.2, 0) is 20.1 Å². The van der Waals surface area contributed by atoms with Crippen molar-refractivity contribution in [3.8, 4) is 5.75 Å². The molecule has 2 N–H and O–H groups in total. The van der Waals surface area contributed by atoms with Crippen molar-refractivity contribution in [3.05, 3.63) is 71.3 Å². The summed E-state index contributed by atoms with van der Waals surface area (Å²) in [6.45, 7) is 3.05. The van der Waals surface area contributed by atoms with Crippen molar-refractivity contribution >= 4 is 29.9 Å². The Hall–Kier alpha value is -2.76. The van der Waals surface area contributed by atoms with Crippen LogP contribution in [0.2, 0.25) is 0 Å². The van der Waals surface area contributed by atoms with Crippen molar-refractivity contribution in [2.75, 3.05) is 6.61 Å². The van der Waals surface area contributed by atoms with Gasteiger partial charge in [0.15, 0.2) is 11.8 Å². The molecule has 10 heteroatoms. The highest BCUT2D eigenvalue weighted by atomic mass is 127. The minimum atomic E-state index is -0.374. The fourth-order valence-electron chi connectivity index (χ4n) is 3.27. The SMILES string of the molecule is Cc1nnc(CNC(=NCc2ncccc2F)NC2CCOc3ccccc32)n1C.I. The van der Waals surface area contributed by atoms with E-state index in [4.69, 9.17) is 4.74 Å². The summed E-state index contributed by atoms with van der Waals surface area (Å²) in [6.07, 6.45) is 2.35. The Bertz CT molecular complexity index is 1060. The Morgan fingerprint density at radius 2 is 2.10 bits per heavy atom. The van der Waals surface area contributed by atoms with E-state index < -0.39 is 0 Å². The molecule has 164 valence electrons. The van der Waals surface area contributed by atoms with Crippen LogP contribution in [0.15, 0.2) is 47.6 Å². The van der Waals surface area contributed by atoms with Crippen LogP contribution in [0, 0.1) is 12.7 Å². The molecule has 1 atom stereocenters. The van der Waals surface area contributed by atoms with Crippen molar-refractivity contribution in [1.82, 2.24) is 30.4 Å². The minimum Gasteiger partial charge on any atom is -0.493 e. The summed E-state index contributed by atoms with van der Waals surface area (Å²) < 4.78 is 21.6. The third kappa shape index (κ3) is 5.49. The van der Waals surface area contributed by atoms with E-state index in [1.54, 1.807) is 12.3 Å². The van der Waals surface area contributed by atoms with E-state index >= 15 is 0 Å². The number of pyridine rings is 1. The summed E-state index contributed by atoms with van der Waals surface area (Å²) in [7, 11) is 1.91. The van der Waals surface area contributed by atoms with Gasteiger partial charge in [0, 0.05) is 25.2 Å². The first-order valence-corrected chi connectivity index (χ1v) is 9.82. The van der Waals surface area contributed by atoms with E-state index in [1.165, 1.54) is 6.07 Å². The lowest BCUT2D eigenvalue weighted by molar-refractivity contribution is 0.261. The monoisotopic (exact) mass is 537 g/mol. The smallest absolute Gasteiger partial charge is 0.192 e. The molecule has 1 aromatic carbocycles. The highest BCUT2D eigenvalue weighted by Crippen LogP contribution is 2.31. The first-order valence-electron chi connectivity index (χ1n) is 9.82. The second-order valence-electron chi connectivity index (χ2n) is 7.04. The van der Waals surface area contributed by atoms with Crippen LogP contribution < -0.4 is 15.4 Å². The minimum absolute atomic E-state index is 0. The zero-order chi connectivity index (χ0) is 20.9. The quantitative estimate of drug-likeness (QED) is 0.296. The summed E-state index contributed by atoms with van der Waals surface area (Å²) in [5, 5.41) is 15.0. The number of nitrogens with zero attached hydrogens (tertiary/aromatic N) is 5. The maximum absolute atomic E-state index is 14.0. The molecule has 1 aliphatic heterocycles. The lowest BCUT2D eigenvalue weighted by Gasteiger charge is -2.28. The van der Waals surface area contributed by atoms with Gasteiger partial charge in [-0.2, -0.15) is 0 Å². The van der Waals surface area contributed by atoms with Gasteiger partial charge >= 0.3 is 0 Å².